The molecular formula is C27H40N4O3. The van der Waals surface area contributed by atoms with Crippen molar-refractivity contribution < 1.29 is 14.4 Å². The van der Waals surface area contributed by atoms with Gasteiger partial charge in [0.05, 0.1) is 6.04 Å². The molecule has 0 bridgehead atoms. The molecular weight excluding hydrogens is 428 g/mol. The summed E-state index contributed by atoms with van der Waals surface area (Å²) in [7, 11) is 0. The van der Waals surface area contributed by atoms with Crippen molar-refractivity contribution >= 4 is 17.7 Å². The molecule has 7 nitrogen and oxygen atoms in total. The molecule has 3 aliphatic rings. The second-order valence-corrected chi connectivity index (χ2v) is 10.7. The third-order valence-electron chi connectivity index (χ3n) is 7.61. The van der Waals surface area contributed by atoms with Crippen LogP contribution in [0.1, 0.15) is 64.4 Å². The summed E-state index contributed by atoms with van der Waals surface area (Å²) in [6.07, 6.45) is 6.66. The molecule has 186 valence electrons. The number of likely N-dealkylation sites (tertiary alicyclic amines) is 1. The summed E-state index contributed by atoms with van der Waals surface area (Å²) in [6.45, 7) is 4.86. The molecule has 1 saturated heterocycles. The fourth-order valence-electron chi connectivity index (χ4n) is 5.36. The molecule has 1 heterocycles. The molecule has 0 radical (unpaired) electrons. The highest BCUT2D eigenvalue weighted by Gasteiger charge is 2.46. The van der Waals surface area contributed by atoms with Crippen molar-refractivity contribution in [3.63, 3.8) is 0 Å². The molecule has 2 atom stereocenters. The summed E-state index contributed by atoms with van der Waals surface area (Å²) in [5.74, 6) is -0.00430. The van der Waals surface area contributed by atoms with E-state index in [0.717, 1.165) is 44.9 Å². The molecule has 2 aliphatic carbocycles. The van der Waals surface area contributed by atoms with Crippen molar-refractivity contribution in [2.24, 2.45) is 17.6 Å². The van der Waals surface area contributed by atoms with Gasteiger partial charge in [-0.15, -0.1) is 0 Å². The topological polar surface area (TPSA) is 95.7 Å². The van der Waals surface area contributed by atoms with Gasteiger partial charge in [0, 0.05) is 37.0 Å². The minimum absolute atomic E-state index is 0.0419. The Morgan fingerprint density at radius 3 is 2.35 bits per heavy atom. The number of amides is 3. The van der Waals surface area contributed by atoms with Crippen molar-refractivity contribution in [2.75, 3.05) is 13.1 Å². The first-order chi connectivity index (χ1) is 16.3. The van der Waals surface area contributed by atoms with Gasteiger partial charge in [0.2, 0.25) is 17.7 Å². The number of hydrogen-bond acceptors (Lipinski definition) is 4. The summed E-state index contributed by atoms with van der Waals surface area (Å²) in [6, 6.07) is 9.84. The van der Waals surface area contributed by atoms with E-state index in [1.165, 1.54) is 5.56 Å². The van der Waals surface area contributed by atoms with Crippen LogP contribution in [-0.2, 0) is 20.8 Å². The Morgan fingerprint density at radius 2 is 1.74 bits per heavy atom. The molecule has 3 N–H and O–H groups in total. The Hall–Kier alpha value is -2.41. The highest BCUT2D eigenvalue weighted by atomic mass is 16.2. The average Bonchev–Trinajstić information content (AvgIpc) is 3.59. The molecule has 1 aromatic carbocycles. The van der Waals surface area contributed by atoms with Gasteiger partial charge in [0.25, 0.3) is 0 Å². The number of carbonyl (C=O) groups excluding carboxylic acids is 3. The number of nitrogens with zero attached hydrogens (tertiary/aromatic N) is 2. The monoisotopic (exact) mass is 468 g/mol. The van der Waals surface area contributed by atoms with Gasteiger partial charge < -0.3 is 20.9 Å². The van der Waals surface area contributed by atoms with E-state index in [-0.39, 0.29) is 47.7 Å². The summed E-state index contributed by atoms with van der Waals surface area (Å²) < 4.78 is 0. The first kappa shape index (κ1) is 24.7. The third-order valence-corrected chi connectivity index (χ3v) is 7.61. The predicted octanol–water partition coefficient (Wildman–Crippen LogP) is 2.48. The van der Waals surface area contributed by atoms with Gasteiger partial charge in [-0.05, 0) is 56.9 Å². The lowest BCUT2D eigenvalue weighted by Gasteiger charge is -2.31. The lowest BCUT2D eigenvalue weighted by molar-refractivity contribution is -0.140. The second kappa shape index (κ2) is 10.9. The highest BCUT2D eigenvalue weighted by Crippen LogP contribution is 2.35. The molecule has 4 rings (SSSR count). The average molecular weight is 469 g/mol. The SMILES string of the molecule is CC(C)C(=O)N(CCc1ccccc1)C1CC(C(=O)NC2CCC(N)CC2)N(C(=O)C2CC2)C1. The van der Waals surface area contributed by atoms with E-state index in [0.29, 0.717) is 19.5 Å². The van der Waals surface area contributed by atoms with Gasteiger partial charge in [-0.25, -0.2) is 0 Å². The first-order valence-corrected chi connectivity index (χ1v) is 13.0. The van der Waals surface area contributed by atoms with Crippen LogP contribution >= 0.6 is 0 Å². The molecule has 2 unspecified atom stereocenters. The Morgan fingerprint density at radius 1 is 1.06 bits per heavy atom. The molecule has 34 heavy (non-hydrogen) atoms. The van der Waals surface area contributed by atoms with E-state index in [1.54, 1.807) is 4.90 Å². The van der Waals surface area contributed by atoms with Crippen LogP contribution < -0.4 is 11.1 Å². The van der Waals surface area contributed by atoms with Gasteiger partial charge in [-0.2, -0.15) is 0 Å². The number of hydrogen-bond donors (Lipinski definition) is 2. The molecule has 0 aromatic heterocycles. The zero-order chi connectivity index (χ0) is 24.2. The highest BCUT2D eigenvalue weighted by molar-refractivity contribution is 5.90. The molecule has 2 saturated carbocycles. The van der Waals surface area contributed by atoms with Crippen molar-refractivity contribution in [3.8, 4) is 0 Å². The van der Waals surface area contributed by atoms with E-state index in [1.807, 2.05) is 36.9 Å². The van der Waals surface area contributed by atoms with Crippen LogP contribution in [0.3, 0.4) is 0 Å². The fourth-order valence-corrected chi connectivity index (χ4v) is 5.36. The Bertz CT molecular complexity index is 862. The summed E-state index contributed by atoms with van der Waals surface area (Å²) in [4.78, 5) is 43.4. The van der Waals surface area contributed by atoms with Gasteiger partial charge in [-0.1, -0.05) is 44.2 Å². The normalized spacial score (nSPS) is 27.0. The quantitative estimate of drug-likeness (QED) is 0.613. The maximum atomic E-state index is 13.4. The van der Waals surface area contributed by atoms with Crippen molar-refractivity contribution in [1.29, 1.82) is 0 Å². The van der Waals surface area contributed by atoms with E-state index in [4.69, 9.17) is 5.73 Å². The number of carbonyl (C=O) groups is 3. The third kappa shape index (κ3) is 5.98. The van der Waals surface area contributed by atoms with Crippen LogP contribution in [0.2, 0.25) is 0 Å². The Labute approximate surface area is 203 Å². The van der Waals surface area contributed by atoms with Crippen LogP contribution in [0.5, 0.6) is 0 Å². The number of rotatable bonds is 8. The molecule has 0 spiro atoms. The number of nitrogens with two attached hydrogens (primary N) is 1. The minimum Gasteiger partial charge on any atom is -0.352 e. The van der Waals surface area contributed by atoms with Crippen LogP contribution in [0.25, 0.3) is 0 Å². The summed E-state index contributed by atoms with van der Waals surface area (Å²) in [5.41, 5.74) is 7.20. The first-order valence-electron chi connectivity index (χ1n) is 13.0. The van der Waals surface area contributed by atoms with Crippen molar-refractivity contribution in [3.05, 3.63) is 35.9 Å². The van der Waals surface area contributed by atoms with E-state index < -0.39 is 6.04 Å². The van der Waals surface area contributed by atoms with Crippen molar-refractivity contribution in [1.82, 2.24) is 15.1 Å². The zero-order valence-electron chi connectivity index (χ0n) is 20.6. The van der Waals surface area contributed by atoms with Gasteiger partial charge in [-0.3, -0.25) is 14.4 Å². The lowest BCUT2D eigenvalue weighted by atomic mass is 9.91. The van der Waals surface area contributed by atoms with Gasteiger partial charge >= 0.3 is 0 Å². The van der Waals surface area contributed by atoms with Crippen LogP contribution in [0.4, 0.5) is 0 Å². The zero-order valence-corrected chi connectivity index (χ0v) is 20.6. The predicted molar refractivity (Wildman–Crippen MR) is 132 cm³/mol. The molecule has 3 fully saturated rings. The Kier molecular flexibility index (Phi) is 7.91. The van der Waals surface area contributed by atoms with Crippen LogP contribution in [-0.4, -0.2) is 64.8 Å². The van der Waals surface area contributed by atoms with Gasteiger partial charge in [0.15, 0.2) is 0 Å². The smallest absolute Gasteiger partial charge is 0.243 e. The summed E-state index contributed by atoms with van der Waals surface area (Å²) in [5, 5.41) is 3.20. The van der Waals surface area contributed by atoms with E-state index in [2.05, 4.69) is 17.4 Å². The summed E-state index contributed by atoms with van der Waals surface area (Å²) >= 11 is 0. The second-order valence-electron chi connectivity index (χ2n) is 10.7. The largest absolute Gasteiger partial charge is 0.352 e. The fraction of sp³-hybridized carbons (Fsp3) is 0.667. The Balaban J connectivity index is 1.48. The number of benzene rings is 1. The standard InChI is InChI=1S/C27H40N4O3/c1-18(2)26(33)30(15-14-19-6-4-3-5-7-19)23-16-24(31(17-23)27(34)20-8-9-20)25(32)29-22-12-10-21(28)11-13-22/h3-7,18,20-24H,8-17,28H2,1-2H3,(H,29,32). The van der Waals surface area contributed by atoms with Crippen molar-refractivity contribution in [2.45, 2.75) is 89.4 Å². The van der Waals surface area contributed by atoms with Gasteiger partial charge in [0.1, 0.15) is 6.04 Å². The minimum atomic E-state index is -0.507. The maximum Gasteiger partial charge on any atom is 0.243 e. The lowest BCUT2D eigenvalue weighted by Crippen LogP contribution is -2.50. The van der Waals surface area contributed by atoms with Crippen LogP contribution in [0.15, 0.2) is 30.3 Å². The molecule has 7 heteroatoms. The molecule has 3 amide bonds. The van der Waals surface area contributed by atoms with E-state index in [9.17, 15) is 14.4 Å². The molecule has 1 aliphatic heterocycles. The van der Waals surface area contributed by atoms with E-state index >= 15 is 0 Å². The molecule has 1 aromatic rings. The van der Waals surface area contributed by atoms with Crippen LogP contribution in [0, 0.1) is 11.8 Å². The maximum absolute atomic E-state index is 13.4. The number of nitrogens with one attached hydrogen (secondary N) is 1.